The first-order valence-electron chi connectivity index (χ1n) is 10.8. The largest absolute Gasteiger partial charge is 0.444 e. The summed E-state index contributed by atoms with van der Waals surface area (Å²) in [5.74, 6) is 0.589. The average Bonchev–Trinajstić information content (AvgIpc) is 3.08. The van der Waals surface area contributed by atoms with Crippen LogP contribution in [0.15, 0.2) is 42.7 Å². The maximum Gasteiger partial charge on any atom is 0.410 e. The quantitative estimate of drug-likeness (QED) is 0.605. The number of amides is 1. The van der Waals surface area contributed by atoms with Crippen LogP contribution in [0, 0.1) is 12.8 Å². The fourth-order valence-electron chi connectivity index (χ4n) is 4.15. The first-order chi connectivity index (χ1) is 14.3. The predicted octanol–water partition coefficient (Wildman–Crippen LogP) is 5.73. The molecule has 2 aromatic heterocycles. The summed E-state index contributed by atoms with van der Waals surface area (Å²) in [6.45, 7) is 9.38. The number of pyridine rings is 1. The Balaban J connectivity index is 1.40. The van der Waals surface area contributed by atoms with E-state index >= 15 is 0 Å². The third-order valence-corrected chi connectivity index (χ3v) is 5.79. The van der Waals surface area contributed by atoms with E-state index in [4.69, 9.17) is 4.74 Å². The van der Waals surface area contributed by atoms with E-state index in [0.717, 1.165) is 43.6 Å². The Bertz CT molecular complexity index is 1040. The highest BCUT2D eigenvalue weighted by Gasteiger charge is 2.26. The molecule has 0 unspecified atom stereocenters. The number of ether oxygens (including phenoxy) is 1. The number of carbonyl (C=O) groups is 1. The summed E-state index contributed by atoms with van der Waals surface area (Å²) in [4.78, 5) is 21.9. The average molecular weight is 406 g/mol. The highest BCUT2D eigenvalue weighted by Crippen LogP contribution is 2.28. The molecule has 1 aliphatic rings. The Morgan fingerprint density at radius 2 is 1.97 bits per heavy atom. The number of carbonyl (C=O) groups excluding carboxylic acids is 1. The summed E-state index contributed by atoms with van der Waals surface area (Å²) in [6.07, 6.45) is 6.82. The van der Waals surface area contributed by atoms with Crippen molar-refractivity contribution in [1.29, 1.82) is 0 Å². The van der Waals surface area contributed by atoms with E-state index in [9.17, 15) is 4.79 Å². The van der Waals surface area contributed by atoms with Crippen LogP contribution in [0.4, 0.5) is 4.79 Å². The van der Waals surface area contributed by atoms with E-state index in [1.165, 1.54) is 22.1 Å². The number of aromatic nitrogens is 2. The minimum atomic E-state index is -0.439. The maximum atomic E-state index is 12.3. The van der Waals surface area contributed by atoms with Gasteiger partial charge in [-0.25, -0.2) is 9.78 Å². The van der Waals surface area contributed by atoms with Gasteiger partial charge in [0.2, 0.25) is 0 Å². The van der Waals surface area contributed by atoms with Crippen LogP contribution < -0.4 is 0 Å². The topological polar surface area (TPSA) is 58.2 Å². The van der Waals surface area contributed by atoms with Crippen molar-refractivity contribution < 1.29 is 9.53 Å². The van der Waals surface area contributed by atoms with Crippen LogP contribution in [0.25, 0.3) is 22.2 Å². The van der Waals surface area contributed by atoms with Gasteiger partial charge in [-0.2, -0.15) is 0 Å². The third-order valence-electron chi connectivity index (χ3n) is 5.79. The molecule has 30 heavy (non-hydrogen) atoms. The zero-order chi connectivity index (χ0) is 21.3. The SMILES string of the molecule is Cc1c[nH]c2ncc(-c3cccc(CC4CCN(C(=O)OC(C)(C)C)CC4)c3)cc12. The minimum Gasteiger partial charge on any atom is -0.444 e. The zero-order valence-electron chi connectivity index (χ0n) is 18.4. The molecule has 1 aliphatic heterocycles. The molecule has 3 heterocycles. The fourth-order valence-corrected chi connectivity index (χ4v) is 4.15. The van der Waals surface area contributed by atoms with Gasteiger partial charge in [-0.05, 0) is 75.6 Å². The van der Waals surface area contributed by atoms with Gasteiger partial charge >= 0.3 is 6.09 Å². The van der Waals surface area contributed by atoms with Gasteiger partial charge in [0.15, 0.2) is 0 Å². The smallest absolute Gasteiger partial charge is 0.410 e. The standard InChI is InChI=1S/C25H31N3O2/c1-17-15-26-23-22(17)14-21(16-27-23)20-7-5-6-19(13-20)12-18-8-10-28(11-9-18)24(29)30-25(2,3)4/h5-7,13-16,18H,8-12H2,1-4H3,(H,26,27). The molecule has 4 rings (SSSR count). The number of likely N-dealkylation sites (tertiary alicyclic amines) is 1. The van der Waals surface area contributed by atoms with Gasteiger partial charge in [-0.1, -0.05) is 24.3 Å². The lowest BCUT2D eigenvalue weighted by Gasteiger charge is -2.33. The second-order valence-corrected chi connectivity index (χ2v) is 9.41. The van der Waals surface area contributed by atoms with E-state index < -0.39 is 5.60 Å². The summed E-state index contributed by atoms with van der Waals surface area (Å²) in [6, 6.07) is 11.0. The van der Waals surface area contributed by atoms with E-state index in [1.54, 1.807) is 0 Å². The highest BCUT2D eigenvalue weighted by atomic mass is 16.6. The normalized spacial score (nSPS) is 15.5. The van der Waals surface area contributed by atoms with E-state index in [0.29, 0.717) is 5.92 Å². The Kier molecular flexibility index (Phi) is 5.54. The number of rotatable bonds is 3. The Hall–Kier alpha value is -2.82. The first-order valence-corrected chi connectivity index (χ1v) is 10.8. The molecule has 0 spiro atoms. The maximum absolute atomic E-state index is 12.3. The molecule has 1 aromatic carbocycles. The summed E-state index contributed by atoms with van der Waals surface area (Å²) in [7, 11) is 0. The third kappa shape index (κ3) is 4.66. The summed E-state index contributed by atoms with van der Waals surface area (Å²) < 4.78 is 5.51. The number of hydrogen-bond donors (Lipinski definition) is 1. The van der Waals surface area contributed by atoms with Crippen molar-refractivity contribution in [2.24, 2.45) is 5.92 Å². The molecule has 158 valence electrons. The van der Waals surface area contributed by atoms with E-state index in [2.05, 4.69) is 47.2 Å². The number of nitrogens with zero attached hydrogens (tertiary/aromatic N) is 2. The fraction of sp³-hybridized carbons (Fsp3) is 0.440. The van der Waals surface area contributed by atoms with Crippen molar-refractivity contribution in [3.05, 3.63) is 53.9 Å². The molecule has 0 bridgehead atoms. The molecule has 0 atom stereocenters. The molecule has 0 radical (unpaired) electrons. The summed E-state index contributed by atoms with van der Waals surface area (Å²) >= 11 is 0. The van der Waals surface area contributed by atoms with Crippen molar-refractivity contribution in [3.63, 3.8) is 0 Å². The second kappa shape index (κ2) is 8.13. The van der Waals surface area contributed by atoms with E-state index in [-0.39, 0.29) is 6.09 Å². The van der Waals surface area contributed by atoms with Crippen LogP contribution in [0.3, 0.4) is 0 Å². The number of fused-ring (bicyclic) bond motifs is 1. The number of hydrogen-bond acceptors (Lipinski definition) is 3. The predicted molar refractivity (Wildman–Crippen MR) is 121 cm³/mol. The van der Waals surface area contributed by atoms with Crippen molar-refractivity contribution in [1.82, 2.24) is 14.9 Å². The molecule has 1 amide bonds. The monoisotopic (exact) mass is 405 g/mol. The molecular formula is C25H31N3O2. The van der Waals surface area contributed by atoms with E-state index in [1.807, 2.05) is 38.1 Å². The van der Waals surface area contributed by atoms with Crippen LogP contribution in [0.2, 0.25) is 0 Å². The van der Waals surface area contributed by atoms with Crippen LogP contribution >= 0.6 is 0 Å². The number of nitrogens with one attached hydrogen (secondary N) is 1. The molecule has 0 aliphatic carbocycles. The zero-order valence-corrected chi connectivity index (χ0v) is 18.4. The molecular weight excluding hydrogens is 374 g/mol. The van der Waals surface area contributed by atoms with Gasteiger partial charge in [0, 0.05) is 36.4 Å². The first kappa shape index (κ1) is 20.5. The van der Waals surface area contributed by atoms with Crippen molar-refractivity contribution in [3.8, 4) is 11.1 Å². The van der Waals surface area contributed by atoms with Gasteiger partial charge in [0.1, 0.15) is 11.2 Å². The van der Waals surface area contributed by atoms with Gasteiger partial charge in [0.05, 0.1) is 0 Å². The second-order valence-electron chi connectivity index (χ2n) is 9.41. The lowest BCUT2D eigenvalue weighted by Crippen LogP contribution is -2.42. The molecule has 5 heteroatoms. The highest BCUT2D eigenvalue weighted by molar-refractivity contribution is 5.84. The van der Waals surface area contributed by atoms with Gasteiger partial charge < -0.3 is 14.6 Å². The van der Waals surface area contributed by atoms with Gasteiger partial charge in [-0.15, -0.1) is 0 Å². The Morgan fingerprint density at radius 1 is 1.20 bits per heavy atom. The molecule has 3 aromatic rings. The number of piperidine rings is 1. The number of H-pyrrole nitrogens is 1. The molecule has 1 N–H and O–H groups in total. The lowest BCUT2D eigenvalue weighted by molar-refractivity contribution is 0.0184. The molecule has 1 fully saturated rings. The molecule has 1 saturated heterocycles. The van der Waals surface area contributed by atoms with Crippen LogP contribution in [0.5, 0.6) is 0 Å². The van der Waals surface area contributed by atoms with Crippen molar-refractivity contribution >= 4 is 17.1 Å². The van der Waals surface area contributed by atoms with Crippen LogP contribution in [-0.4, -0.2) is 39.7 Å². The van der Waals surface area contributed by atoms with Crippen molar-refractivity contribution in [2.75, 3.05) is 13.1 Å². The Labute approximate surface area is 178 Å². The van der Waals surface area contributed by atoms with Gasteiger partial charge in [-0.3, -0.25) is 0 Å². The molecule has 0 saturated carbocycles. The molecule has 5 nitrogen and oxygen atoms in total. The van der Waals surface area contributed by atoms with Crippen molar-refractivity contribution in [2.45, 2.75) is 52.6 Å². The number of aromatic amines is 1. The Morgan fingerprint density at radius 3 is 2.70 bits per heavy atom. The van der Waals surface area contributed by atoms with Gasteiger partial charge in [0.25, 0.3) is 0 Å². The minimum absolute atomic E-state index is 0.189. The number of benzene rings is 1. The number of aryl methyl sites for hydroxylation is 1. The lowest BCUT2D eigenvalue weighted by atomic mass is 9.89. The summed E-state index contributed by atoms with van der Waals surface area (Å²) in [5.41, 5.74) is 5.40. The van der Waals surface area contributed by atoms with Crippen LogP contribution in [0.1, 0.15) is 44.7 Å². The summed E-state index contributed by atoms with van der Waals surface area (Å²) in [5, 5.41) is 1.17. The van der Waals surface area contributed by atoms with Crippen LogP contribution in [-0.2, 0) is 11.2 Å².